The molecule has 2 N–H and O–H groups in total. The fourth-order valence-electron chi connectivity index (χ4n) is 2.01. The molecule has 0 fully saturated rings. The SMILES string of the molecule is CCC(CNC(=NC)NCc1ccsc1)Oc1cccc(F)c1.I. The van der Waals surface area contributed by atoms with Gasteiger partial charge in [0.25, 0.3) is 0 Å². The molecule has 2 rings (SSSR count). The van der Waals surface area contributed by atoms with Crippen molar-refractivity contribution >= 4 is 41.3 Å². The minimum Gasteiger partial charge on any atom is -0.489 e. The maximum absolute atomic E-state index is 13.2. The summed E-state index contributed by atoms with van der Waals surface area (Å²) in [6.45, 7) is 3.36. The highest BCUT2D eigenvalue weighted by molar-refractivity contribution is 14.0. The number of guanidine groups is 1. The topological polar surface area (TPSA) is 45.7 Å². The van der Waals surface area contributed by atoms with E-state index in [1.54, 1.807) is 30.5 Å². The van der Waals surface area contributed by atoms with Gasteiger partial charge in [-0.15, -0.1) is 24.0 Å². The number of rotatable bonds is 7. The monoisotopic (exact) mass is 463 g/mol. The molecule has 4 nitrogen and oxygen atoms in total. The van der Waals surface area contributed by atoms with Crippen LogP contribution in [-0.2, 0) is 6.54 Å². The molecular weight excluding hydrogens is 440 g/mol. The highest BCUT2D eigenvalue weighted by Gasteiger charge is 2.10. The molecule has 132 valence electrons. The van der Waals surface area contributed by atoms with Crippen LogP contribution in [-0.4, -0.2) is 25.7 Å². The summed E-state index contributed by atoms with van der Waals surface area (Å²) in [5, 5.41) is 10.6. The summed E-state index contributed by atoms with van der Waals surface area (Å²) in [6, 6.07) is 8.28. The molecule has 0 saturated heterocycles. The normalized spacial score (nSPS) is 12.2. The number of nitrogens with one attached hydrogen (secondary N) is 2. The standard InChI is InChI=1S/C17H22FN3OS.HI/c1-3-15(22-16-6-4-5-14(18)9-16)11-21-17(19-2)20-10-13-7-8-23-12-13;/h4-9,12,15H,3,10-11H2,1-2H3,(H2,19,20,21);1H. The summed E-state index contributed by atoms with van der Waals surface area (Å²) >= 11 is 1.67. The van der Waals surface area contributed by atoms with E-state index < -0.39 is 0 Å². The predicted octanol–water partition coefficient (Wildman–Crippen LogP) is 4.03. The van der Waals surface area contributed by atoms with E-state index >= 15 is 0 Å². The number of halogens is 2. The van der Waals surface area contributed by atoms with E-state index in [4.69, 9.17) is 4.74 Å². The molecule has 24 heavy (non-hydrogen) atoms. The number of ether oxygens (including phenoxy) is 1. The Labute approximate surface area is 163 Å². The lowest BCUT2D eigenvalue weighted by molar-refractivity contribution is 0.199. The summed E-state index contributed by atoms with van der Waals surface area (Å²) in [4.78, 5) is 4.20. The van der Waals surface area contributed by atoms with Crippen molar-refractivity contribution in [2.75, 3.05) is 13.6 Å². The van der Waals surface area contributed by atoms with Gasteiger partial charge in [-0.05, 0) is 40.9 Å². The van der Waals surface area contributed by atoms with Gasteiger partial charge < -0.3 is 15.4 Å². The molecule has 0 bridgehead atoms. The van der Waals surface area contributed by atoms with Gasteiger partial charge in [0, 0.05) is 19.7 Å². The maximum atomic E-state index is 13.2. The number of benzene rings is 1. The Morgan fingerprint density at radius 3 is 2.79 bits per heavy atom. The molecule has 0 radical (unpaired) electrons. The molecule has 0 spiro atoms. The zero-order valence-corrected chi connectivity index (χ0v) is 16.9. The van der Waals surface area contributed by atoms with Crippen LogP contribution in [0.5, 0.6) is 5.75 Å². The van der Waals surface area contributed by atoms with Crippen molar-refractivity contribution in [3.05, 3.63) is 52.5 Å². The Hall–Kier alpha value is -1.35. The van der Waals surface area contributed by atoms with Crippen molar-refractivity contribution in [3.63, 3.8) is 0 Å². The van der Waals surface area contributed by atoms with Crippen LogP contribution in [0.25, 0.3) is 0 Å². The second-order valence-corrected chi connectivity index (χ2v) is 5.82. The summed E-state index contributed by atoms with van der Waals surface area (Å²) in [7, 11) is 1.73. The molecule has 2 aromatic rings. The van der Waals surface area contributed by atoms with E-state index in [1.807, 2.05) is 12.3 Å². The predicted molar refractivity (Wildman–Crippen MR) is 109 cm³/mol. The van der Waals surface area contributed by atoms with Crippen LogP contribution in [0.15, 0.2) is 46.1 Å². The highest BCUT2D eigenvalue weighted by atomic mass is 127. The van der Waals surface area contributed by atoms with Gasteiger partial charge in [-0.1, -0.05) is 13.0 Å². The first-order valence-electron chi connectivity index (χ1n) is 7.59. The maximum Gasteiger partial charge on any atom is 0.191 e. The van der Waals surface area contributed by atoms with Crippen molar-refractivity contribution in [2.45, 2.75) is 26.0 Å². The third-order valence-corrected chi connectivity index (χ3v) is 4.05. The van der Waals surface area contributed by atoms with E-state index in [2.05, 4.69) is 27.1 Å². The summed E-state index contributed by atoms with van der Waals surface area (Å²) in [6.07, 6.45) is 0.752. The number of aliphatic imine (C=N–C) groups is 1. The van der Waals surface area contributed by atoms with Crippen molar-refractivity contribution in [3.8, 4) is 5.75 Å². The molecule has 1 unspecified atom stereocenters. The van der Waals surface area contributed by atoms with Crippen molar-refractivity contribution in [2.24, 2.45) is 4.99 Å². The van der Waals surface area contributed by atoms with Gasteiger partial charge >= 0.3 is 0 Å². The second kappa shape index (κ2) is 11.2. The fraction of sp³-hybridized carbons (Fsp3) is 0.353. The molecule has 1 aromatic heterocycles. The zero-order chi connectivity index (χ0) is 16.5. The van der Waals surface area contributed by atoms with Crippen LogP contribution in [0.2, 0.25) is 0 Å². The van der Waals surface area contributed by atoms with E-state index in [9.17, 15) is 4.39 Å². The minimum absolute atomic E-state index is 0. The second-order valence-electron chi connectivity index (χ2n) is 5.04. The molecule has 7 heteroatoms. The summed E-state index contributed by atoms with van der Waals surface area (Å²) < 4.78 is 19.0. The van der Waals surface area contributed by atoms with Crippen molar-refractivity contribution < 1.29 is 9.13 Å². The Balaban J connectivity index is 0.00000288. The van der Waals surface area contributed by atoms with Crippen molar-refractivity contribution in [1.82, 2.24) is 10.6 Å². The van der Waals surface area contributed by atoms with Gasteiger partial charge in [-0.2, -0.15) is 11.3 Å². The highest BCUT2D eigenvalue weighted by Crippen LogP contribution is 2.14. The molecule has 0 aliphatic heterocycles. The molecule has 1 heterocycles. The molecule has 0 aliphatic rings. The molecule has 1 atom stereocenters. The lowest BCUT2D eigenvalue weighted by Gasteiger charge is -2.20. The average molecular weight is 463 g/mol. The van der Waals surface area contributed by atoms with Crippen molar-refractivity contribution in [1.29, 1.82) is 0 Å². The summed E-state index contributed by atoms with van der Waals surface area (Å²) in [5.41, 5.74) is 1.22. The first kappa shape index (κ1) is 20.7. The third-order valence-electron chi connectivity index (χ3n) is 3.32. The molecular formula is C17H23FIN3OS. The quantitative estimate of drug-likeness (QED) is 0.371. The van der Waals surface area contributed by atoms with Gasteiger partial charge in [-0.25, -0.2) is 4.39 Å². The zero-order valence-electron chi connectivity index (χ0n) is 13.8. The first-order valence-corrected chi connectivity index (χ1v) is 8.53. The van der Waals surface area contributed by atoms with Crippen LogP contribution in [0.1, 0.15) is 18.9 Å². The van der Waals surface area contributed by atoms with E-state index in [0.717, 1.165) is 18.9 Å². The number of hydrogen-bond donors (Lipinski definition) is 2. The summed E-state index contributed by atoms with van der Waals surface area (Å²) in [5.74, 6) is 0.968. The number of thiophene rings is 1. The van der Waals surface area contributed by atoms with Crippen LogP contribution >= 0.6 is 35.3 Å². The number of hydrogen-bond acceptors (Lipinski definition) is 3. The smallest absolute Gasteiger partial charge is 0.191 e. The van der Waals surface area contributed by atoms with Gasteiger partial charge in [0.15, 0.2) is 5.96 Å². The molecule has 0 amide bonds. The van der Waals surface area contributed by atoms with Crippen LogP contribution in [0.3, 0.4) is 0 Å². The molecule has 1 aromatic carbocycles. The Bertz CT molecular complexity index is 622. The third kappa shape index (κ3) is 7.04. The number of nitrogens with zero attached hydrogens (tertiary/aromatic N) is 1. The van der Waals surface area contributed by atoms with Crippen LogP contribution in [0, 0.1) is 5.82 Å². The van der Waals surface area contributed by atoms with Gasteiger partial charge in [-0.3, -0.25) is 4.99 Å². The van der Waals surface area contributed by atoms with E-state index in [1.165, 1.54) is 17.7 Å². The van der Waals surface area contributed by atoms with E-state index in [0.29, 0.717) is 12.3 Å². The fourth-order valence-corrected chi connectivity index (χ4v) is 2.68. The van der Waals surface area contributed by atoms with E-state index in [-0.39, 0.29) is 35.9 Å². The van der Waals surface area contributed by atoms with Gasteiger partial charge in [0.2, 0.25) is 0 Å². The van der Waals surface area contributed by atoms with Gasteiger partial charge in [0.1, 0.15) is 17.7 Å². The Morgan fingerprint density at radius 2 is 2.17 bits per heavy atom. The average Bonchev–Trinajstić information content (AvgIpc) is 3.07. The largest absolute Gasteiger partial charge is 0.489 e. The lowest BCUT2D eigenvalue weighted by atomic mass is 10.2. The molecule has 0 saturated carbocycles. The Kier molecular flexibility index (Phi) is 9.70. The minimum atomic E-state index is -0.293. The van der Waals surface area contributed by atoms with Crippen LogP contribution in [0.4, 0.5) is 4.39 Å². The Morgan fingerprint density at radius 1 is 1.33 bits per heavy atom. The van der Waals surface area contributed by atoms with Crippen LogP contribution < -0.4 is 15.4 Å². The van der Waals surface area contributed by atoms with Gasteiger partial charge in [0.05, 0.1) is 6.54 Å². The first-order chi connectivity index (χ1) is 11.2. The molecule has 0 aliphatic carbocycles. The lowest BCUT2D eigenvalue weighted by Crippen LogP contribution is -2.42.